The molecule has 138 valence electrons. The molecule has 0 bridgehead atoms. The Balaban J connectivity index is 1.50. The molecule has 27 heavy (non-hydrogen) atoms. The van der Waals surface area contributed by atoms with Crippen molar-refractivity contribution in [1.82, 2.24) is 9.80 Å². The number of hydrogen-bond donors (Lipinski definition) is 1. The van der Waals surface area contributed by atoms with Crippen LogP contribution in [-0.2, 0) is 14.4 Å². The van der Waals surface area contributed by atoms with E-state index in [-0.39, 0.29) is 6.04 Å². The van der Waals surface area contributed by atoms with Gasteiger partial charge in [-0.3, -0.25) is 19.3 Å². The molecule has 2 aromatic carbocycles. The van der Waals surface area contributed by atoms with Crippen LogP contribution in [0, 0.1) is 0 Å². The molecule has 1 saturated heterocycles. The monoisotopic (exact) mass is 365 g/mol. The van der Waals surface area contributed by atoms with Gasteiger partial charge in [0.1, 0.15) is 6.54 Å². The fourth-order valence-corrected chi connectivity index (χ4v) is 3.81. The third kappa shape index (κ3) is 3.05. The summed E-state index contributed by atoms with van der Waals surface area (Å²) in [6.45, 7) is -0.476. The largest absolute Gasteiger partial charge is 0.334 e. The number of rotatable bonds is 4. The lowest BCUT2D eigenvalue weighted by atomic mass is 10.1. The van der Waals surface area contributed by atoms with E-state index < -0.39 is 30.3 Å². The number of anilines is 1. The summed E-state index contributed by atoms with van der Waals surface area (Å²) in [5.41, 5.74) is 0.594. The van der Waals surface area contributed by atoms with Crippen LogP contribution < -0.4 is 5.32 Å². The summed E-state index contributed by atoms with van der Waals surface area (Å²) in [6, 6.07) is 12.1. The zero-order valence-corrected chi connectivity index (χ0v) is 14.7. The third-order valence-corrected chi connectivity index (χ3v) is 5.14. The van der Waals surface area contributed by atoms with Crippen molar-refractivity contribution >= 4 is 40.2 Å². The Morgan fingerprint density at radius 1 is 0.963 bits per heavy atom. The normalized spacial score (nSPS) is 18.0. The molecule has 1 aliphatic heterocycles. The lowest BCUT2D eigenvalue weighted by Gasteiger charge is -2.21. The van der Waals surface area contributed by atoms with Crippen molar-refractivity contribution in [3.63, 3.8) is 0 Å². The van der Waals surface area contributed by atoms with Gasteiger partial charge < -0.3 is 5.32 Å². The van der Waals surface area contributed by atoms with Crippen LogP contribution in [0.25, 0.3) is 10.8 Å². The summed E-state index contributed by atoms with van der Waals surface area (Å²) in [7, 11) is 0. The fraction of sp³-hybridized carbons (Fsp3) is 0.300. The number of imide groups is 2. The van der Waals surface area contributed by atoms with E-state index in [9.17, 15) is 19.2 Å². The highest BCUT2D eigenvalue weighted by Gasteiger charge is 2.48. The molecule has 4 rings (SSSR count). The Morgan fingerprint density at radius 2 is 1.67 bits per heavy atom. The van der Waals surface area contributed by atoms with Gasteiger partial charge in [0.05, 0.1) is 0 Å². The van der Waals surface area contributed by atoms with Crippen LogP contribution in [0.1, 0.15) is 25.7 Å². The van der Waals surface area contributed by atoms with Gasteiger partial charge in [0.15, 0.2) is 0 Å². The maximum atomic E-state index is 12.5. The van der Waals surface area contributed by atoms with Gasteiger partial charge in [-0.1, -0.05) is 49.2 Å². The summed E-state index contributed by atoms with van der Waals surface area (Å²) in [6.07, 6.45) is 3.27. The number of hydrogen-bond acceptors (Lipinski definition) is 4. The van der Waals surface area contributed by atoms with E-state index in [0.717, 1.165) is 33.4 Å². The first-order chi connectivity index (χ1) is 13.1. The number of nitrogens with one attached hydrogen (secondary N) is 1. The molecule has 0 aromatic heterocycles. The quantitative estimate of drug-likeness (QED) is 0.666. The Hall–Kier alpha value is -3.22. The van der Waals surface area contributed by atoms with Crippen molar-refractivity contribution in [3.8, 4) is 0 Å². The number of urea groups is 1. The second kappa shape index (κ2) is 6.83. The van der Waals surface area contributed by atoms with Crippen LogP contribution in [0.4, 0.5) is 10.5 Å². The fourth-order valence-electron chi connectivity index (χ4n) is 3.81. The minimum Gasteiger partial charge on any atom is -0.324 e. The second-order valence-electron chi connectivity index (χ2n) is 6.86. The average Bonchev–Trinajstić information content (AvgIpc) is 3.26. The Kier molecular flexibility index (Phi) is 4.35. The van der Waals surface area contributed by atoms with Gasteiger partial charge in [-0.15, -0.1) is 0 Å². The van der Waals surface area contributed by atoms with Crippen LogP contribution in [0.3, 0.4) is 0 Å². The van der Waals surface area contributed by atoms with Gasteiger partial charge in [0.2, 0.25) is 5.91 Å². The minimum atomic E-state index is -0.931. The highest BCUT2D eigenvalue weighted by molar-refractivity contribution is 6.45. The third-order valence-electron chi connectivity index (χ3n) is 5.14. The van der Waals surface area contributed by atoms with Gasteiger partial charge in [0.25, 0.3) is 0 Å². The first-order valence-corrected chi connectivity index (χ1v) is 9.03. The molecule has 1 saturated carbocycles. The molecular weight excluding hydrogens is 346 g/mol. The second-order valence-corrected chi connectivity index (χ2v) is 6.86. The van der Waals surface area contributed by atoms with Crippen molar-refractivity contribution in [3.05, 3.63) is 42.5 Å². The summed E-state index contributed by atoms with van der Waals surface area (Å²) in [5, 5.41) is 4.56. The number of carbonyl (C=O) groups excluding carboxylic acids is 4. The maximum Gasteiger partial charge on any atom is 0.334 e. The van der Waals surface area contributed by atoms with Gasteiger partial charge in [-0.25, -0.2) is 9.69 Å². The molecule has 2 aromatic rings. The van der Waals surface area contributed by atoms with E-state index in [1.807, 2.05) is 36.4 Å². The highest BCUT2D eigenvalue weighted by atomic mass is 16.2. The number of nitrogens with zero attached hydrogens (tertiary/aromatic N) is 2. The summed E-state index contributed by atoms with van der Waals surface area (Å²) in [4.78, 5) is 51.2. The van der Waals surface area contributed by atoms with Gasteiger partial charge in [-0.2, -0.15) is 0 Å². The zero-order valence-electron chi connectivity index (χ0n) is 14.7. The molecule has 0 radical (unpaired) electrons. The molecule has 0 atom stereocenters. The lowest BCUT2D eigenvalue weighted by Crippen LogP contribution is -2.41. The minimum absolute atomic E-state index is 0.236. The number of fused-ring (bicyclic) bond motifs is 1. The standard InChI is InChI=1S/C20H19N3O4/c24-17(21-16-11-5-7-13-6-1-4-10-15(13)16)12-22-18(25)19(26)23(20(22)27)14-8-2-3-9-14/h1,4-7,10-11,14H,2-3,8-9,12H2,(H,21,24). The molecule has 2 fully saturated rings. The van der Waals surface area contributed by atoms with Crippen molar-refractivity contribution in [2.24, 2.45) is 0 Å². The molecular formula is C20H19N3O4. The smallest absolute Gasteiger partial charge is 0.324 e. The molecule has 1 N–H and O–H groups in total. The van der Waals surface area contributed by atoms with Crippen molar-refractivity contribution in [2.45, 2.75) is 31.7 Å². The topological polar surface area (TPSA) is 86.8 Å². The highest BCUT2D eigenvalue weighted by Crippen LogP contribution is 2.28. The van der Waals surface area contributed by atoms with E-state index in [4.69, 9.17) is 0 Å². The van der Waals surface area contributed by atoms with Crippen LogP contribution in [0.15, 0.2) is 42.5 Å². The first-order valence-electron chi connectivity index (χ1n) is 9.03. The molecule has 0 spiro atoms. The first kappa shape index (κ1) is 17.2. The Bertz CT molecular complexity index is 944. The van der Waals surface area contributed by atoms with Crippen LogP contribution in [-0.4, -0.2) is 46.1 Å². The van der Waals surface area contributed by atoms with Crippen LogP contribution >= 0.6 is 0 Å². The number of benzene rings is 2. The number of amides is 5. The van der Waals surface area contributed by atoms with E-state index in [1.165, 1.54) is 0 Å². The summed E-state index contributed by atoms with van der Waals surface area (Å²) < 4.78 is 0. The van der Waals surface area contributed by atoms with Crippen molar-refractivity contribution in [2.75, 3.05) is 11.9 Å². The lowest BCUT2D eigenvalue weighted by molar-refractivity contribution is -0.144. The summed E-state index contributed by atoms with van der Waals surface area (Å²) >= 11 is 0. The molecule has 5 amide bonds. The van der Waals surface area contributed by atoms with Crippen molar-refractivity contribution in [1.29, 1.82) is 0 Å². The Morgan fingerprint density at radius 3 is 2.44 bits per heavy atom. The predicted molar refractivity (Wildman–Crippen MR) is 98.8 cm³/mol. The summed E-state index contributed by atoms with van der Waals surface area (Å²) in [5.74, 6) is -2.28. The van der Waals surface area contributed by atoms with Gasteiger partial charge in [-0.05, 0) is 24.3 Å². The Labute approximate surface area is 155 Å². The van der Waals surface area contributed by atoms with Crippen LogP contribution in [0.5, 0.6) is 0 Å². The number of carbonyl (C=O) groups is 4. The van der Waals surface area contributed by atoms with E-state index >= 15 is 0 Å². The average molecular weight is 365 g/mol. The molecule has 1 aliphatic carbocycles. The predicted octanol–water partition coefficient (Wildman–Crippen LogP) is 2.51. The van der Waals surface area contributed by atoms with Crippen molar-refractivity contribution < 1.29 is 19.2 Å². The van der Waals surface area contributed by atoms with E-state index in [2.05, 4.69) is 5.32 Å². The molecule has 1 heterocycles. The van der Waals surface area contributed by atoms with Gasteiger partial charge >= 0.3 is 17.8 Å². The van der Waals surface area contributed by atoms with Crippen LogP contribution in [0.2, 0.25) is 0 Å². The van der Waals surface area contributed by atoms with E-state index in [0.29, 0.717) is 18.5 Å². The SMILES string of the molecule is O=C(CN1C(=O)C(=O)N(C2CCCC2)C1=O)Nc1cccc2ccccc12. The van der Waals surface area contributed by atoms with Gasteiger partial charge in [0, 0.05) is 17.1 Å². The zero-order chi connectivity index (χ0) is 19.0. The van der Waals surface area contributed by atoms with E-state index in [1.54, 1.807) is 6.07 Å². The maximum absolute atomic E-state index is 12.5. The molecule has 2 aliphatic rings. The molecule has 7 heteroatoms. The molecule has 7 nitrogen and oxygen atoms in total. The molecule has 0 unspecified atom stereocenters.